The SMILES string of the molecule is COc1ccc(OC)c([C@@H]2C3=C(CC(C)(C)CC3=O)N=C(C)C2C(=O)Nc2cccc(C)n2)c1. The molecule has 2 heterocycles. The van der Waals surface area contributed by atoms with Gasteiger partial charge in [-0.1, -0.05) is 19.9 Å². The van der Waals surface area contributed by atoms with Gasteiger partial charge in [0.05, 0.1) is 20.1 Å². The van der Waals surface area contributed by atoms with E-state index in [0.29, 0.717) is 41.4 Å². The molecule has 1 unspecified atom stereocenters. The van der Waals surface area contributed by atoms with Gasteiger partial charge in [-0.15, -0.1) is 0 Å². The summed E-state index contributed by atoms with van der Waals surface area (Å²) in [6.07, 6.45) is 1.07. The number of aromatic nitrogens is 1. The molecule has 0 bridgehead atoms. The quantitative estimate of drug-likeness (QED) is 0.687. The van der Waals surface area contributed by atoms with Crippen molar-refractivity contribution in [2.24, 2.45) is 16.3 Å². The van der Waals surface area contributed by atoms with Gasteiger partial charge in [-0.25, -0.2) is 4.98 Å². The maximum atomic E-state index is 13.7. The minimum Gasteiger partial charge on any atom is -0.497 e. The van der Waals surface area contributed by atoms with Gasteiger partial charge in [-0.2, -0.15) is 0 Å². The topological polar surface area (TPSA) is 89.9 Å². The van der Waals surface area contributed by atoms with E-state index in [-0.39, 0.29) is 17.1 Å². The van der Waals surface area contributed by atoms with Crippen LogP contribution in [0.4, 0.5) is 5.82 Å². The number of methoxy groups -OCH3 is 2. The highest BCUT2D eigenvalue weighted by Gasteiger charge is 2.46. The summed E-state index contributed by atoms with van der Waals surface area (Å²) in [5.41, 5.74) is 3.34. The number of ketones is 1. The highest BCUT2D eigenvalue weighted by Crippen LogP contribution is 2.50. The molecule has 0 spiro atoms. The third-order valence-electron chi connectivity index (χ3n) is 6.50. The second-order valence-electron chi connectivity index (χ2n) is 9.77. The summed E-state index contributed by atoms with van der Waals surface area (Å²) in [5, 5.41) is 2.94. The van der Waals surface area contributed by atoms with E-state index in [4.69, 9.17) is 14.5 Å². The van der Waals surface area contributed by atoms with Crippen LogP contribution in [0.25, 0.3) is 0 Å². The van der Waals surface area contributed by atoms with Gasteiger partial charge in [0.25, 0.3) is 0 Å². The summed E-state index contributed by atoms with van der Waals surface area (Å²) >= 11 is 0. The number of nitrogens with zero attached hydrogens (tertiary/aromatic N) is 2. The Balaban J connectivity index is 1.87. The Labute approximate surface area is 200 Å². The predicted molar refractivity (Wildman–Crippen MR) is 132 cm³/mol. The minimum atomic E-state index is -0.702. The summed E-state index contributed by atoms with van der Waals surface area (Å²) < 4.78 is 11.2. The molecule has 7 heteroatoms. The molecule has 7 nitrogen and oxygen atoms in total. The van der Waals surface area contributed by atoms with Gasteiger partial charge < -0.3 is 14.8 Å². The summed E-state index contributed by atoms with van der Waals surface area (Å²) in [7, 11) is 3.17. The van der Waals surface area contributed by atoms with Gasteiger partial charge in [0.1, 0.15) is 17.3 Å². The molecule has 178 valence electrons. The van der Waals surface area contributed by atoms with E-state index in [1.807, 2.05) is 38.1 Å². The molecule has 2 aliphatic rings. The molecule has 0 saturated heterocycles. The van der Waals surface area contributed by atoms with Crippen molar-refractivity contribution in [1.82, 2.24) is 4.98 Å². The number of pyridine rings is 1. The maximum Gasteiger partial charge on any atom is 0.235 e. The van der Waals surface area contributed by atoms with Crippen LogP contribution >= 0.6 is 0 Å². The average Bonchev–Trinajstić information content (AvgIpc) is 2.76. The molecule has 4 rings (SSSR count). The normalized spacial score (nSPS) is 21.5. The number of anilines is 1. The molecule has 1 aromatic heterocycles. The summed E-state index contributed by atoms with van der Waals surface area (Å²) in [6.45, 7) is 7.86. The average molecular weight is 462 g/mol. The van der Waals surface area contributed by atoms with Crippen LogP contribution in [0.3, 0.4) is 0 Å². The van der Waals surface area contributed by atoms with E-state index in [1.165, 1.54) is 0 Å². The van der Waals surface area contributed by atoms with Crippen molar-refractivity contribution >= 4 is 23.2 Å². The second-order valence-corrected chi connectivity index (χ2v) is 9.77. The summed E-state index contributed by atoms with van der Waals surface area (Å²) in [4.78, 5) is 36.4. The van der Waals surface area contributed by atoms with Crippen LogP contribution in [-0.2, 0) is 9.59 Å². The third kappa shape index (κ3) is 4.47. The van der Waals surface area contributed by atoms with Crippen molar-refractivity contribution in [2.75, 3.05) is 19.5 Å². The van der Waals surface area contributed by atoms with Gasteiger partial charge >= 0.3 is 0 Å². The number of allylic oxidation sites excluding steroid dienone is 2. The zero-order valence-electron chi connectivity index (χ0n) is 20.6. The zero-order valence-corrected chi connectivity index (χ0v) is 20.6. The number of benzene rings is 1. The standard InChI is InChI=1S/C27H31N3O4/c1-15-8-7-9-22(28-15)30-26(32)23-16(2)29-19-13-27(3,4)14-20(31)25(19)24(23)18-12-17(33-5)10-11-21(18)34-6/h7-12,23-24H,13-14H2,1-6H3,(H,28,30,32)/t23?,24-/m0/s1. The van der Waals surface area contributed by atoms with Crippen molar-refractivity contribution in [3.8, 4) is 11.5 Å². The Hall–Kier alpha value is -3.48. The molecule has 2 aromatic rings. The van der Waals surface area contributed by atoms with Crippen LogP contribution in [0.5, 0.6) is 11.5 Å². The molecule has 0 radical (unpaired) electrons. The van der Waals surface area contributed by atoms with E-state index in [9.17, 15) is 9.59 Å². The molecule has 2 atom stereocenters. The lowest BCUT2D eigenvalue weighted by Crippen LogP contribution is -2.41. The van der Waals surface area contributed by atoms with Crippen LogP contribution in [-0.4, -0.2) is 36.6 Å². The molecular formula is C27H31N3O4. The Morgan fingerprint density at radius 3 is 2.53 bits per heavy atom. The van der Waals surface area contributed by atoms with E-state index >= 15 is 0 Å². The Kier molecular flexibility index (Phi) is 6.30. The first-order chi connectivity index (χ1) is 16.1. The van der Waals surface area contributed by atoms with Crippen molar-refractivity contribution in [3.05, 3.63) is 58.9 Å². The predicted octanol–water partition coefficient (Wildman–Crippen LogP) is 4.86. The van der Waals surface area contributed by atoms with Crippen molar-refractivity contribution < 1.29 is 19.1 Å². The maximum absolute atomic E-state index is 13.7. The molecule has 1 N–H and O–H groups in total. The Morgan fingerprint density at radius 1 is 1.09 bits per heavy atom. The lowest BCUT2D eigenvalue weighted by Gasteiger charge is -2.39. The summed E-state index contributed by atoms with van der Waals surface area (Å²) in [5.74, 6) is 0.183. The van der Waals surface area contributed by atoms with Crippen LogP contribution in [0, 0.1) is 18.3 Å². The van der Waals surface area contributed by atoms with Gasteiger partial charge in [-0.3, -0.25) is 14.6 Å². The van der Waals surface area contributed by atoms with Gasteiger partial charge in [-0.05, 0) is 56.0 Å². The number of rotatable bonds is 5. The van der Waals surface area contributed by atoms with Crippen molar-refractivity contribution in [3.63, 3.8) is 0 Å². The van der Waals surface area contributed by atoms with Gasteiger partial charge in [0.15, 0.2) is 5.78 Å². The fourth-order valence-corrected chi connectivity index (χ4v) is 5.02. The number of ether oxygens (including phenoxy) is 2. The smallest absolute Gasteiger partial charge is 0.235 e. The molecule has 34 heavy (non-hydrogen) atoms. The molecule has 1 aliphatic heterocycles. The Bertz CT molecular complexity index is 1210. The fourth-order valence-electron chi connectivity index (χ4n) is 5.02. The molecule has 1 aromatic carbocycles. The van der Waals surface area contributed by atoms with Gasteiger partial charge in [0, 0.05) is 40.6 Å². The minimum absolute atomic E-state index is 0.0175. The lowest BCUT2D eigenvalue weighted by atomic mass is 9.66. The first-order valence-electron chi connectivity index (χ1n) is 11.4. The van der Waals surface area contributed by atoms with Gasteiger partial charge in [0.2, 0.25) is 5.91 Å². The third-order valence-corrected chi connectivity index (χ3v) is 6.50. The van der Waals surface area contributed by atoms with Crippen molar-refractivity contribution in [1.29, 1.82) is 0 Å². The molecule has 1 amide bonds. The number of hydrogen-bond donors (Lipinski definition) is 1. The number of carbonyl (C=O) groups is 2. The Morgan fingerprint density at radius 2 is 1.85 bits per heavy atom. The molecule has 1 aliphatic carbocycles. The van der Waals surface area contributed by atoms with E-state index in [1.54, 1.807) is 26.4 Å². The number of hydrogen-bond acceptors (Lipinski definition) is 6. The highest BCUT2D eigenvalue weighted by molar-refractivity contribution is 6.13. The molecule has 0 saturated carbocycles. The molecular weight excluding hydrogens is 430 g/mol. The second kappa shape index (κ2) is 9.05. The monoisotopic (exact) mass is 461 g/mol. The number of aryl methyl sites for hydroxylation is 1. The number of nitrogens with one attached hydrogen (secondary N) is 1. The number of carbonyl (C=O) groups excluding carboxylic acids is 2. The van der Waals surface area contributed by atoms with Crippen LogP contribution < -0.4 is 14.8 Å². The van der Waals surface area contributed by atoms with Crippen LogP contribution in [0.1, 0.15) is 50.8 Å². The van der Waals surface area contributed by atoms with E-state index in [2.05, 4.69) is 24.1 Å². The number of amides is 1. The highest BCUT2D eigenvalue weighted by atomic mass is 16.5. The first-order valence-corrected chi connectivity index (χ1v) is 11.4. The first kappa shape index (κ1) is 23.7. The van der Waals surface area contributed by atoms with Crippen LogP contribution in [0.15, 0.2) is 52.7 Å². The lowest BCUT2D eigenvalue weighted by molar-refractivity contribution is -0.119. The van der Waals surface area contributed by atoms with E-state index < -0.39 is 11.8 Å². The number of Topliss-reactive ketones (excluding diaryl/α,β-unsaturated/α-hetero) is 1. The number of aliphatic imine (C=N–C) groups is 1. The van der Waals surface area contributed by atoms with E-state index in [0.717, 1.165) is 17.0 Å². The van der Waals surface area contributed by atoms with Crippen LogP contribution in [0.2, 0.25) is 0 Å². The zero-order chi connectivity index (χ0) is 24.6. The fraction of sp³-hybridized carbons (Fsp3) is 0.407. The largest absolute Gasteiger partial charge is 0.497 e. The molecule has 0 fully saturated rings. The van der Waals surface area contributed by atoms with Crippen molar-refractivity contribution in [2.45, 2.75) is 46.5 Å². The summed E-state index contributed by atoms with van der Waals surface area (Å²) in [6, 6.07) is 10.9.